The second kappa shape index (κ2) is 7.13. The third-order valence-corrected chi connectivity index (χ3v) is 6.33. The van der Waals surface area contributed by atoms with Crippen molar-refractivity contribution in [3.8, 4) is 0 Å². The van der Waals surface area contributed by atoms with Gasteiger partial charge in [-0.1, -0.05) is 18.2 Å². The number of carbonyl (C=O) groups is 1. The number of carbonyl (C=O) groups excluding carboxylic acids is 1. The molecule has 1 aromatic rings. The Bertz CT molecular complexity index is 750. The van der Waals surface area contributed by atoms with Gasteiger partial charge in [0.1, 0.15) is 11.9 Å². The zero-order valence-corrected chi connectivity index (χ0v) is 14.6. The molecule has 0 unspecified atom stereocenters. The summed E-state index contributed by atoms with van der Waals surface area (Å²) in [5.41, 5.74) is 0.993. The molecule has 6 nitrogen and oxygen atoms in total. The summed E-state index contributed by atoms with van der Waals surface area (Å²) in [5, 5.41) is 0. The summed E-state index contributed by atoms with van der Waals surface area (Å²) in [6.07, 6.45) is 1.95. The molecule has 8 heteroatoms. The van der Waals surface area contributed by atoms with Crippen LogP contribution < -0.4 is 0 Å². The van der Waals surface area contributed by atoms with Gasteiger partial charge in [-0.25, -0.2) is 17.6 Å². The van der Waals surface area contributed by atoms with Crippen molar-refractivity contribution in [2.75, 3.05) is 25.4 Å². The highest BCUT2D eigenvalue weighted by Gasteiger charge is 2.49. The zero-order chi connectivity index (χ0) is 18.0. The van der Waals surface area contributed by atoms with Crippen LogP contribution in [0.25, 0.3) is 0 Å². The van der Waals surface area contributed by atoms with Crippen LogP contribution in [0.3, 0.4) is 0 Å². The molecule has 2 heterocycles. The lowest BCUT2D eigenvalue weighted by molar-refractivity contribution is 0.129. The minimum atomic E-state index is -3.40. The lowest BCUT2D eigenvalue weighted by atomic mass is 10.1. The SMILES string of the molecule is C=CCS(=O)(=O)N1C[C@H]2OC(=O)N(CCCc3ccc(F)cc3)[C@H]2C1. The number of fused-ring (bicyclic) bond motifs is 1. The molecular weight excluding hydrogens is 347 g/mol. The smallest absolute Gasteiger partial charge is 0.410 e. The maximum atomic E-state index is 12.9. The molecule has 136 valence electrons. The van der Waals surface area contributed by atoms with Crippen molar-refractivity contribution in [3.63, 3.8) is 0 Å². The van der Waals surface area contributed by atoms with Gasteiger partial charge >= 0.3 is 6.09 Å². The number of amides is 1. The van der Waals surface area contributed by atoms with Crippen molar-refractivity contribution >= 4 is 16.1 Å². The van der Waals surface area contributed by atoms with E-state index in [4.69, 9.17) is 4.74 Å². The van der Waals surface area contributed by atoms with E-state index in [9.17, 15) is 17.6 Å². The molecule has 2 aliphatic heterocycles. The van der Waals surface area contributed by atoms with Gasteiger partial charge < -0.3 is 9.64 Å². The van der Waals surface area contributed by atoms with Crippen LogP contribution in [0.1, 0.15) is 12.0 Å². The number of aryl methyl sites for hydroxylation is 1. The Kier molecular flexibility index (Phi) is 5.10. The number of hydrogen-bond donors (Lipinski definition) is 0. The second-order valence-corrected chi connectivity index (χ2v) is 8.31. The molecule has 0 aliphatic carbocycles. The number of nitrogens with zero attached hydrogens (tertiary/aromatic N) is 2. The van der Waals surface area contributed by atoms with Gasteiger partial charge in [0.25, 0.3) is 0 Å². The molecule has 2 atom stereocenters. The molecular formula is C17H21FN2O4S. The van der Waals surface area contributed by atoms with E-state index in [0.717, 1.165) is 5.56 Å². The summed E-state index contributed by atoms with van der Waals surface area (Å²) in [7, 11) is -3.40. The molecule has 2 saturated heterocycles. The van der Waals surface area contributed by atoms with Crippen LogP contribution in [0.4, 0.5) is 9.18 Å². The monoisotopic (exact) mass is 368 g/mol. The largest absolute Gasteiger partial charge is 0.442 e. The fraction of sp³-hybridized carbons (Fsp3) is 0.471. The van der Waals surface area contributed by atoms with Crippen LogP contribution in [-0.2, 0) is 21.2 Å². The van der Waals surface area contributed by atoms with E-state index in [-0.39, 0.29) is 30.7 Å². The molecule has 2 aliphatic rings. The highest BCUT2D eigenvalue weighted by atomic mass is 32.2. The average molecular weight is 368 g/mol. The van der Waals surface area contributed by atoms with E-state index in [2.05, 4.69) is 6.58 Å². The number of hydrogen-bond acceptors (Lipinski definition) is 4. The minimum Gasteiger partial charge on any atom is -0.442 e. The molecule has 0 N–H and O–H groups in total. The fourth-order valence-corrected chi connectivity index (χ4v) is 4.58. The Morgan fingerprint density at radius 3 is 2.68 bits per heavy atom. The minimum absolute atomic E-state index is 0.120. The predicted molar refractivity (Wildman–Crippen MR) is 91.0 cm³/mol. The fourth-order valence-electron chi connectivity index (χ4n) is 3.31. The van der Waals surface area contributed by atoms with E-state index in [1.165, 1.54) is 22.5 Å². The number of halogens is 1. The van der Waals surface area contributed by atoms with Gasteiger partial charge in [0.15, 0.2) is 0 Å². The van der Waals surface area contributed by atoms with Crippen LogP contribution in [0.2, 0.25) is 0 Å². The molecule has 0 spiro atoms. The number of rotatable bonds is 7. The summed E-state index contributed by atoms with van der Waals surface area (Å²) < 4.78 is 43.9. The maximum absolute atomic E-state index is 12.9. The standard InChI is InChI=1S/C17H21FN2O4S/c1-2-10-25(22,23)19-11-15-16(12-19)24-17(21)20(15)9-3-4-13-5-7-14(18)8-6-13/h2,5-8,15-16H,1,3-4,9-12H2/t15-,16+/m0/s1. The molecule has 0 radical (unpaired) electrons. The molecule has 3 rings (SSSR count). The summed E-state index contributed by atoms with van der Waals surface area (Å²) in [6.45, 7) is 4.39. The molecule has 0 saturated carbocycles. The van der Waals surface area contributed by atoms with Gasteiger partial charge in [0.05, 0.1) is 18.3 Å². The number of ether oxygens (including phenoxy) is 1. The third kappa shape index (κ3) is 3.85. The van der Waals surface area contributed by atoms with Crippen molar-refractivity contribution in [1.29, 1.82) is 0 Å². The van der Waals surface area contributed by atoms with Crippen LogP contribution in [-0.4, -0.2) is 61.2 Å². The second-order valence-electron chi connectivity index (χ2n) is 6.30. The van der Waals surface area contributed by atoms with Gasteiger partial charge in [0, 0.05) is 13.1 Å². The van der Waals surface area contributed by atoms with Crippen LogP contribution in [0, 0.1) is 5.82 Å². The normalized spacial score (nSPS) is 23.6. The van der Waals surface area contributed by atoms with Crippen molar-refractivity contribution in [3.05, 3.63) is 48.3 Å². The summed E-state index contributed by atoms with van der Waals surface area (Å²) in [4.78, 5) is 13.6. The lowest BCUT2D eigenvalue weighted by Gasteiger charge is -2.22. The van der Waals surface area contributed by atoms with E-state index in [1.54, 1.807) is 17.0 Å². The van der Waals surface area contributed by atoms with Crippen LogP contribution in [0.15, 0.2) is 36.9 Å². The first-order valence-electron chi connectivity index (χ1n) is 8.21. The van der Waals surface area contributed by atoms with Crippen molar-refractivity contribution in [2.24, 2.45) is 0 Å². The third-order valence-electron chi connectivity index (χ3n) is 4.59. The quantitative estimate of drug-likeness (QED) is 0.688. The molecule has 2 fully saturated rings. The Hall–Kier alpha value is -1.93. The highest BCUT2D eigenvalue weighted by Crippen LogP contribution is 2.29. The van der Waals surface area contributed by atoms with E-state index in [1.807, 2.05) is 0 Å². The summed E-state index contributed by atoms with van der Waals surface area (Å²) in [5.74, 6) is -0.396. The number of sulfonamides is 1. The van der Waals surface area contributed by atoms with Gasteiger partial charge in [-0.3, -0.25) is 0 Å². The van der Waals surface area contributed by atoms with Crippen LogP contribution in [0.5, 0.6) is 0 Å². The Morgan fingerprint density at radius 1 is 1.28 bits per heavy atom. The average Bonchev–Trinajstić information content (AvgIpc) is 3.08. The van der Waals surface area contributed by atoms with Gasteiger partial charge in [-0.15, -0.1) is 6.58 Å². The first-order valence-corrected chi connectivity index (χ1v) is 9.82. The van der Waals surface area contributed by atoms with Crippen molar-refractivity contribution < 1.29 is 22.3 Å². The first-order chi connectivity index (χ1) is 11.9. The van der Waals surface area contributed by atoms with Crippen molar-refractivity contribution in [1.82, 2.24) is 9.21 Å². The Labute approximate surface area is 146 Å². The molecule has 0 bridgehead atoms. The van der Waals surface area contributed by atoms with E-state index < -0.39 is 22.2 Å². The Balaban J connectivity index is 1.58. The predicted octanol–water partition coefficient (Wildman–Crippen LogP) is 1.78. The first kappa shape index (κ1) is 17.9. The van der Waals surface area contributed by atoms with Crippen molar-refractivity contribution in [2.45, 2.75) is 25.0 Å². The van der Waals surface area contributed by atoms with Gasteiger partial charge in [-0.05, 0) is 30.5 Å². The molecule has 1 amide bonds. The van der Waals surface area contributed by atoms with Gasteiger partial charge in [0.2, 0.25) is 10.0 Å². The molecule has 0 aromatic heterocycles. The number of benzene rings is 1. The van der Waals surface area contributed by atoms with E-state index in [0.29, 0.717) is 19.4 Å². The Morgan fingerprint density at radius 2 is 2.00 bits per heavy atom. The summed E-state index contributed by atoms with van der Waals surface area (Å²) >= 11 is 0. The van der Waals surface area contributed by atoms with Gasteiger partial charge in [-0.2, -0.15) is 4.31 Å². The van der Waals surface area contributed by atoms with Crippen LogP contribution >= 0.6 is 0 Å². The maximum Gasteiger partial charge on any atom is 0.410 e. The topological polar surface area (TPSA) is 66.9 Å². The lowest BCUT2D eigenvalue weighted by Crippen LogP contribution is -2.40. The zero-order valence-electron chi connectivity index (χ0n) is 13.8. The molecule has 25 heavy (non-hydrogen) atoms. The van der Waals surface area contributed by atoms with E-state index >= 15 is 0 Å². The highest BCUT2D eigenvalue weighted by molar-refractivity contribution is 7.89. The summed E-state index contributed by atoms with van der Waals surface area (Å²) in [6, 6.07) is 6.02. The molecule has 1 aromatic carbocycles.